The minimum atomic E-state index is -0.396. The second-order valence-electron chi connectivity index (χ2n) is 4.33. The molecule has 0 unspecified atom stereocenters. The van der Waals surface area contributed by atoms with Gasteiger partial charge in [0, 0.05) is 24.2 Å². The summed E-state index contributed by atoms with van der Waals surface area (Å²) < 4.78 is 5.41. The quantitative estimate of drug-likeness (QED) is 0.622. The molecule has 1 N–H and O–H groups in total. The van der Waals surface area contributed by atoms with Crippen LogP contribution in [0.5, 0.6) is 5.88 Å². The van der Waals surface area contributed by atoms with E-state index >= 15 is 0 Å². The molecule has 1 aromatic carbocycles. The van der Waals surface area contributed by atoms with Gasteiger partial charge in [-0.05, 0) is 6.42 Å². The molecule has 0 atom stereocenters. The van der Waals surface area contributed by atoms with Gasteiger partial charge < -0.3 is 10.1 Å². The lowest BCUT2D eigenvalue weighted by Crippen LogP contribution is -2.05. The van der Waals surface area contributed by atoms with Crippen LogP contribution in [0.25, 0.3) is 0 Å². The Kier molecular flexibility index (Phi) is 5.03. The predicted octanol–water partition coefficient (Wildman–Crippen LogP) is 2.79. The van der Waals surface area contributed by atoms with E-state index in [9.17, 15) is 10.1 Å². The van der Waals surface area contributed by atoms with E-state index < -0.39 is 4.92 Å². The molecule has 1 aromatic heterocycles. The Hall–Kier alpha value is -2.70. The van der Waals surface area contributed by atoms with Gasteiger partial charge in [0.15, 0.2) is 0 Å². The highest BCUT2D eigenvalue weighted by Crippen LogP contribution is 2.19. The SMILES string of the molecule is CCCOc1cc(NCc2ccccc2[N+](=O)[O-])ncn1. The zero-order valence-electron chi connectivity index (χ0n) is 11.7. The van der Waals surface area contributed by atoms with E-state index in [0.717, 1.165) is 6.42 Å². The summed E-state index contributed by atoms with van der Waals surface area (Å²) in [6, 6.07) is 8.26. The Morgan fingerprint density at radius 1 is 1.33 bits per heavy atom. The molecule has 0 saturated carbocycles. The zero-order chi connectivity index (χ0) is 15.1. The maximum Gasteiger partial charge on any atom is 0.274 e. The van der Waals surface area contributed by atoms with Crippen LogP contribution in [0, 0.1) is 10.1 Å². The van der Waals surface area contributed by atoms with Crippen LogP contribution in [0.1, 0.15) is 18.9 Å². The van der Waals surface area contributed by atoms with Crippen LogP contribution >= 0.6 is 0 Å². The molecule has 2 rings (SSSR count). The topological polar surface area (TPSA) is 90.2 Å². The molecule has 0 fully saturated rings. The van der Waals surface area contributed by atoms with E-state index in [1.807, 2.05) is 6.92 Å². The summed E-state index contributed by atoms with van der Waals surface area (Å²) in [6.45, 7) is 2.90. The highest BCUT2D eigenvalue weighted by atomic mass is 16.6. The van der Waals surface area contributed by atoms with Crippen molar-refractivity contribution in [3.63, 3.8) is 0 Å². The third-order valence-corrected chi connectivity index (χ3v) is 2.74. The summed E-state index contributed by atoms with van der Waals surface area (Å²) in [5.74, 6) is 1.05. The first-order valence-corrected chi connectivity index (χ1v) is 6.61. The standard InChI is InChI=1S/C14H16N4O3/c1-2-7-21-14-8-13(16-10-17-14)15-9-11-5-3-4-6-12(11)18(19)20/h3-6,8,10H,2,7,9H2,1H3,(H,15,16,17). The normalized spacial score (nSPS) is 10.1. The Morgan fingerprint density at radius 3 is 2.90 bits per heavy atom. The number of hydrogen-bond donors (Lipinski definition) is 1. The van der Waals surface area contributed by atoms with Crippen LogP contribution in [0.15, 0.2) is 36.7 Å². The van der Waals surface area contributed by atoms with Crippen molar-refractivity contribution in [2.24, 2.45) is 0 Å². The Morgan fingerprint density at radius 2 is 2.14 bits per heavy atom. The number of aromatic nitrogens is 2. The fourth-order valence-corrected chi connectivity index (χ4v) is 1.75. The van der Waals surface area contributed by atoms with Crippen molar-refractivity contribution in [3.8, 4) is 5.88 Å². The summed E-state index contributed by atoms with van der Waals surface area (Å²) in [6.07, 6.45) is 2.29. The van der Waals surface area contributed by atoms with Gasteiger partial charge in [-0.2, -0.15) is 0 Å². The molecular formula is C14H16N4O3. The van der Waals surface area contributed by atoms with Crippen LogP contribution in [0.4, 0.5) is 11.5 Å². The van der Waals surface area contributed by atoms with Crippen molar-refractivity contribution in [2.45, 2.75) is 19.9 Å². The van der Waals surface area contributed by atoms with Crippen molar-refractivity contribution in [3.05, 3.63) is 52.3 Å². The lowest BCUT2D eigenvalue weighted by Gasteiger charge is -2.08. The molecule has 110 valence electrons. The third kappa shape index (κ3) is 4.13. The van der Waals surface area contributed by atoms with Gasteiger partial charge in [-0.1, -0.05) is 25.1 Å². The van der Waals surface area contributed by atoms with Crippen LogP contribution in [0.3, 0.4) is 0 Å². The number of hydrogen-bond acceptors (Lipinski definition) is 6. The van der Waals surface area contributed by atoms with Crippen LogP contribution in [-0.2, 0) is 6.54 Å². The number of anilines is 1. The summed E-state index contributed by atoms with van der Waals surface area (Å²) in [7, 11) is 0. The van der Waals surface area contributed by atoms with Gasteiger partial charge in [0.25, 0.3) is 5.69 Å². The molecule has 7 nitrogen and oxygen atoms in total. The molecule has 0 radical (unpaired) electrons. The average Bonchev–Trinajstić information content (AvgIpc) is 2.51. The summed E-state index contributed by atoms with van der Waals surface area (Å²) >= 11 is 0. The van der Waals surface area contributed by atoms with Crippen molar-refractivity contribution in [1.29, 1.82) is 0 Å². The van der Waals surface area contributed by atoms with E-state index in [4.69, 9.17) is 4.74 Å². The first-order chi connectivity index (χ1) is 10.2. The number of nitrogens with one attached hydrogen (secondary N) is 1. The average molecular weight is 288 g/mol. The summed E-state index contributed by atoms with van der Waals surface area (Å²) in [5, 5.41) is 14.0. The second kappa shape index (κ2) is 7.18. The molecule has 0 aliphatic heterocycles. The molecule has 0 bridgehead atoms. The number of para-hydroxylation sites is 1. The fraction of sp³-hybridized carbons (Fsp3) is 0.286. The number of nitrogens with zero attached hydrogens (tertiary/aromatic N) is 3. The van der Waals surface area contributed by atoms with E-state index in [1.165, 1.54) is 12.4 Å². The minimum absolute atomic E-state index is 0.0847. The van der Waals surface area contributed by atoms with Gasteiger partial charge in [0.2, 0.25) is 5.88 Å². The Balaban J connectivity index is 2.05. The largest absolute Gasteiger partial charge is 0.478 e. The molecule has 7 heteroatoms. The van der Waals surface area contributed by atoms with Gasteiger partial charge >= 0.3 is 0 Å². The summed E-state index contributed by atoms with van der Waals surface area (Å²) in [5.41, 5.74) is 0.679. The van der Waals surface area contributed by atoms with Crippen LogP contribution in [-0.4, -0.2) is 21.5 Å². The molecule has 0 aliphatic rings. The van der Waals surface area contributed by atoms with E-state index in [-0.39, 0.29) is 5.69 Å². The van der Waals surface area contributed by atoms with Gasteiger partial charge in [-0.15, -0.1) is 0 Å². The molecule has 0 saturated heterocycles. The van der Waals surface area contributed by atoms with Crippen LogP contribution in [0.2, 0.25) is 0 Å². The first-order valence-electron chi connectivity index (χ1n) is 6.61. The highest BCUT2D eigenvalue weighted by Gasteiger charge is 2.12. The fourth-order valence-electron chi connectivity index (χ4n) is 1.75. The molecule has 0 aliphatic carbocycles. The number of nitro benzene ring substituents is 1. The molecule has 21 heavy (non-hydrogen) atoms. The smallest absolute Gasteiger partial charge is 0.274 e. The Bertz CT molecular complexity index is 619. The number of benzene rings is 1. The number of nitro groups is 1. The molecule has 1 heterocycles. The summed E-state index contributed by atoms with van der Waals surface area (Å²) in [4.78, 5) is 18.6. The van der Waals surface area contributed by atoms with Gasteiger partial charge in [-0.25, -0.2) is 9.97 Å². The van der Waals surface area contributed by atoms with E-state index in [2.05, 4.69) is 15.3 Å². The monoisotopic (exact) mass is 288 g/mol. The van der Waals surface area contributed by atoms with Crippen molar-refractivity contribution < 1.29 is 9.66 Å². The molecule has 2 aromatic rings. The maximum absolute atomic E-state index is 10.9. The molecule has 0 spiro atoms. The van der Waals surface area contributed by atoms with Crippen molar-refractivity contribution >= 4 is 11.5 Å². The highest BCUT2D eigenvalue weighted by molar-refractivity contribution is 5.44. The lowest BCUT2D eigenvalue weighted by molar-refractivity contribution is -0.385. The van der Waals surface area contributed by atoms with E-state index in [0.29, 0.717) is 30.4 Å². The zero-order valence-corrected chi connectivity index (χ0v) is 11.7. The van der Waals surface area contributed by atoms with Crippen molar-refractivity contribution in [1.82, 2.24) is 9.97 Å². The number of ether oxygens (including phenoxy) is 1. The van der Waals surface area contributed by atoms with Crippen LogP contribution < -0.4 is 10.1 Å². The first kappa shape index (κ1) is 14.7. The lowest BCUT2D eigenvalue weighted by atomic mass is 10.2. The van der Waals surface area contributed by atoms with Gasteiger partial charge in [0.05, 0.1) is 11.5 Å². The predicted molar refractivity (Wildman–Crippen MR) is 78.2 cm³/mol. The Labute approximate surface area is 122 Å². The molecule has 0 amide bonds. The maximum atomic E-state index is 10.9. The minimum Gasteiger partial charge on any atom is -0.478 e. The van der Waals surface area contributed by atoms with E-state index in [1.54, 1.807) is 24.3 Å². The molecular weight excluding hydrogens is 272 g/mol. The second-order valence-corrected chi connectivity index (χ2v) is 4.33. The third-order valence-electron chi connectivity index (χ3n) is 2.74. The van der Waals surface area contributed by atoms with Gasteiger partial charge in [0.1, 0.15) is 12.1 Å². The number of rotatable bonds is 7. The van der Waals surface area contributed by atoms with Gasteiger partial charge in [-0.3, -0.25) is 10.1 Å². The van der Waals surface area contributed by atoms with Crippen molar-refractivity contribution in [2.75, 3.05) is 11.9 Å².